The van der Waals surface area contributed by atoms with E-state index < -0.39 is 12.1 Å². The van der Waals surface area contributed by atoms with Gasteiger partial charge in [-0.1, -0.05) is 30.3 Å². The monoisotopic (exact) mass is 277 g/mol. The van der Waals surface area contributed by atoms with E-state index in [4.69, 9.17) is 9.47 Å². The number of carbonyl (C=O) groups excluding carboxylic acids is 2. The highest BCUT2D eigenvalue weighted by molar-refractivity contribution is 5.82. The van der Waals surface area contributed by atoms with Gasteiger partial charge in [0.25, 0.3) is 5.91 Å². The molecular weight excluding hydrogens is 258 g/mol. The number of benzene rings is 1. The molecule has 108 valence electrons. The average Bonchev–Trinajstić information content (AvgIpc) is 3.30. The number of rotatable bonds is 6. The minimum atomic E-state index is -0.796. The van der Waals surface area contributed by atoms with E-state index in [1.165, 1.54) is 7.11 Å². The third-order valence-electron chi connectivity index (χ3n) is 3.38. The maximum Gasteiger partial charge on any atom is 0.340 e. The van der Waals surface area contributed by atoms with Gasteiger partial charge >= 0.3 is 5.97 Å². The molecule has 1 aliphatic carbocycles. The molecule has 0 bridgehead atoms. The molecule has 1 saturated carbocycles. The summed E-state index contributed by atoms with van der Waals surface area (Å²) in [4.78, 5) is 25.4. The summed E-state index contributed by atoms with van der Waals surface area (Å²) < 4.78 is 10.2. The van der Waals surface area contributed by atoms with Crippen molar-refractivity contribution in [1.29, 1.82) is 0 Å². The van der Waals surface area contributed by atoms with Crippen LogP contribution >= 0.6 is 0 Å². The van der Waals surface area contributed by atoms with Crippen molar-refractivity contribution in [2.75, 3.05) is 20.8 Å². The normalized spacial score (nSPS) is 15.5. The van der Waals surface area contributed by atoms with Crippen LogP contribution in [0.5, 0.6) is 0 Å². The van der Waals surface area contributed by atoms with Gasteiger partial charge in [0.05, 0.1) is 0 Å². The van der Waals surface area contributed by atoms with Crippen molar-refractivity contribution in [2.24, 2.45) is 0 Å². The Bertz CT molecular complexity index is 470. The van der Waals surface area contributed by atoms with Crippen molar-refractivity contribution < 1.29 is 19.1 Å². The van der Waals surface area contributed by atoms with Crippen LogP contribution < -0.4 is 0 Å². The van der Waals surface area contributed by atoms with Gasteiger partial charge in [-0.15, -0.1) is 0 Å². The fourth-order valence-electron chi connectivity index (χ4n) is 1.97. The molecule has 1 atom stereocenters. The molecule has 0 heterocycles. The molecular formula is C15H19NO4. The number of hydrogen-bond donors (Lipinski definition) is 0. The largest absolute Gasteiger partial charge is 0.453 e. The lowest BCUT2D eigenvalue weighted by atomic mass is 10.1. The molecule has 1 unspecified atom stereocenters. The SMILES string of the molecule is COC(C(=O)OCC(=O)N(C)C1CC1)c1ccccc1. The second kappa shape index (κ2) is 6.52. The van der Waals surface area contributed by atoms with Crippen molar-refractivity contribution in [3.05, 3.63) is 35.9 Å². The Morgan fingerprint density at radius 3 is 2.50 bits per heavy atom. The predicted molar refractivity (Wildman–Crippen MR) is 72.9 cm³/mol. The summed E-state index contributed by atoms with van der Waals surface area (Å²) in [5.41, 5.74) is 0.711. The van der Waals surface area contributed by atoms with Gasteiger partial charge in [0.1, 0.15) is 0 Å². The number of hydrogen-bond acceptors (Lipinski definition) is 4. The van der Waals surface area contributed by atoms with Crippen molar-refractivity contribution in [3.8, 4) is 0 Å². The van der Waals surface area contributed by atoms with Crippen molar-refractivity contribution >= 4 is 11.9 Å². The first-order valence-electron chi connectivity index (χ1n) is 6.63. The van der Waals surface area contributed by atoms with Crippen molar-refractivity contribution in [1.82, 2.24) is 4.90 Å². The molecule has 0 aromatic heterocycles. The Hall–Kier alpha value is -1.88. The second-order valence-corrected chi connectivity index (χ2v) is 4.87. The number of ether oxygens (including phenoxy) is 2. The van der Waals surface area contributed by atoms with E-state index in [9.17, 15) is 9.59 Å². The van der Waals surface area contributed by atoms with E-state index >= 15 is 0 Å². The first kappa shape index (κ1) is 14.5. The minimum Gasteiger partial charge on any atom is -0.453 e. The van der Waals surface area contributed by atoms with Gasteiger partial charge in [-0.2, -0.15) is 0 Å². The summed E-state index contributed by atoms with van der Waals surface area (Å²) in [5, 5.41) is 0. The molecule has 0 N–H and O–H groups in total. The van der Waals surface area contributed by atoms with Crippen LogP contribution in [-0.4, -0.2) is 43.6 Å². The Kier molecular flexibility index (Phi) is 4.74. The number of esters is 1. The molecule has 0 saturated heterocycles. The van der Waals surface area contributed by atoms with Gasteiger partial charge in [-0.25, -0.2) is 4.79 Å². The highest BCUT2D eigenvalue weighted by atomic mass is 16.6. The van der Waals surface area contributed by atoms with Crippen LogP contribution in [0.3, 0.4) is 0 Å². The lowest BCUT2D eigenvalue weighted by Crippen LogP contribution is -2.33. The van der Waals surface area contributed by atoms with Crippen molar-refractivity contribution in [2.45, 2.75) is 25.0 Å². The highest BCUT2D eigenvalue weighted by Crippen LogP contribution is 2.25. The van der Waals surface area contributed by atoms with Crippen LogP contribution in [0, 0.1) is 0 Å². The Morgan fingerprint density at radius 1 is 1.30 bits per heavy atom. The van der Waals surface area contributed by atoms with E-state index in [0.717, 1.165) is 12.8 Å². The van der Waals surface area contributed by atoms with Gasteiger partial charge in [0, 0.05) is 20.2 Å². The van der Waals surface area contributed by atoms with Gasteiger partial charge in [0.2, 0.25) is 0 Å². The number of carbonyl (C=O) groups is 2. The number of likely N-dealkylation sites (N-methyl/N-ethyl adjacent to an activating group) is 1. The molecule has 20 heavy (non-hydrogen) atoms. The lowest BCUT2D eigenvalue weighted by molar-refractivity contribution is -0.161. The van der Waals surface area contributed by atoms with Gasteiger partial charge in [-0.05, 0) is 18.4 Å². The van der Waals surface area contributed by atoms with E-state index in [0.29, 0.717) is 11.6 Å². The topological polar surface area (TPSA) is 55.8 Å². The maximum atomic E-state index is 12.0. The molecule has 0 aliphatic heterocycles. The number of methoxy groups -OCH3 is 1. The standard InChI is InChI=1S/C15H19NO4/c1-16(12-8-9-12)13(17)10-20-15(18)14(19-2)11-6-4-3-5-7-11/h3-7,12,14H,8-10H2,1-2H3. The van der Waals surface area contributed by atoms with E-state index in [-0.39, 0.29) is 12.5 Å². The Morgan fingerprint density at radius 2 is 1.95 bits per heavy atom. The Labute approximate surface area is 118 Å². The van der Waals surface area contributed by atoms with Crippen LogP contribution in [0.4, 0.5) is 0 Å². The zero-order chi connectivity index (χ0) is 14.5. The molecule has 1 aliphatic rings. The smallest absolute Gasteiger partial charge is 0.340 e. The highest BCUT2D eigenvalue weighted by Gasteiger charge is 2.30. The summed E-state index contributed by atoms with van der Waals surface area (Å²) in [6.07, 6.45) is 1.26. The van der Waals surface area contributed by atoms with Crippen LogP contribution in [-0.2, 0) is 19.1 Å². The summed E-state index contributed by atoms with van der Waals surface area (Å²) in [6, 6.07) is 9.38. The van der Waals surface area contributed by atoms with Gasteiger partial charge in [0.15, 0.2) is 12.7 Å². The summed E-state index contributed by atoms with van der Waals surface area (Å²) in [7, 11) is 3.18. The third-order valence-corrected chi connectivity index (χ3v) is 3.38. The molecule has 0 radical (unpaired) electrons. The number of amides is 1. The van der Waals surface area contributed by atoms with E-state index in [2.05, 4.69) is 0 Å². The molecule has 5 heteroatoms. The average molecular weight is 277 g/mol. The summed E-state index contributed by atoms with van der Waals surface area (Å²) in [5.74, 6) is -0.722. The molecule has 5 nitrogen and oxygen atoms in total. The minimum absolute atomic E-state index is 0.177. The van der Waals surface area contributed by atoms with Crippen LogP contribution in [0.2, 0.25) is 0 Å². The fourth-order valence-corrected chi connectivity index (χ4v) is 1.97. The third kappa shape index (κ3) is 3.57. The lowest BCUT2D eigenvalue weighted by Gasteiger charge is -2.18. The predicted octanol–water partition coefficient (Wildman–Crippen LogP) is 1.54. The van der Waals surface area contributed by atoms with Crippen LogP contribution in [0.15, 0.2) is 30.3 Å². The van der Waals surface area contributed by atoms with E-state index in [1.807, 2.05) is 18.2 Å². The van der Waals surface area contributed by atoms with Gasteiger partial charge < -0.3 is 14.4 Å². The van der Waals surface area contributed by atoms with E-state index in [1.54, 1.807) is 24.1 Å². The molecule has 1 aromatic carbocycles. The first-order valence-corrected chi connectivity index (χ1v) is 6.63. The molecule has 2 rings (SSSR count). The van der Waals surface area contributed by atoms with Crippen LogP contribution in [0.1, 0.15) is 24.5 Å². The fraction of sp³-hybridized carbons (Fsp3) is 0.467. The quantitative estimate of drug-likeness (QED) is 0.740. The maximum absolute atomic E-state index is 12.0. The summed E-state index contributed by atoms with van der Waals surface area (Å²) >= 11 is 0. The molecule has 0 spiro atoms. The molecule has 1 amide bonds. The van der Waals surface area contributed by atoms with Crippen LogP contribution in [0.25, 0.3) is 0 Å². The first-order chi connectivity index (χ1) is 9.63. The molecule has 1 fully saturated rings. The second-order valence-electron chi connectivity index (χ2n) is 4.87. The summed E-state index contributed by atoms with van der Waals surface area (Å²) in [6.45, 7) is -0.238. The van der Waals surface area contributed by atoms with Gasteiger partial charge in [-0.3, -0.25) is 4.79 Å². The molecule has 1 aromatic rings. The van der Waals surface area contributed by atoms with Crippen molar-refractivity contribution in [3.63, 3.8) is 0 Å². The zero-order valence-electron chi connectivity index (χ0n) is 11.7. The number of nitrogens with zero attached hydrogens (tertiary/aromatic N) is 1. The zero-order valence-corrected chi connectivity index (χ0v) is 11.7. The Balaban J connectivity index is 1.88.